The van der Waals surface area contributed by atoms with Crippen molar-refractivity contribution in [2.75, 3.05) is 33.8 Å². The van der Waals surface area contributed by atoms with Gasteiger partial charge in [0.15, 0.2) is 0 Å². The van der Waals surface area contributed by atoms with E-state index in [1.54, 1.807) is 0 Å². The normalized spacial score (nSPS) is 35.5. The van der Waals surface area contributed by atoms with Gasteiger partial charge in [0.25, 0.3) is 0 Å². The van der Waals surface area contributed by atoms with Crippen molar-refractivity contribution in [1.82, 2.24) is 10.2 Å². The molecule has 2 saturated heterocycles. The van der Waals surface area contributed by atoms with Gasteiger partial charge in [-0.3, -0.25) is 4.79 Å². The molecule has 4 heteroatoms. The lowest BCUT2D eigenvalue weighted by molar-refractivity contribution is -0.142. The number of hydrogen-bond donors (Lipinski definition) is 1. The molecule has 0 amide bonds. The van der Waals surface area contributed by atoms with Gasteiger partial charge >= 0.3 is 5.97 Å². The highest BCUT2D eigenvalue weighted by molar-refractivity contribution is 5.75. The Morgan fingerprint density at radius 1 is 1.50 bits per heavy atom. The highest BCUT2D eigenvalue weighted by atomic mass is 16.5. The van der Waals surface area contributed by atoms with Gasteiger partial charge in [-0.1, -0.05) is 0 Å². The second-order valence-corrected chi connectivity index (χ2v) is 5.24. The van der Waals surface area contributed by atoms with Crippen LogP contribution in [0.1, 0.15) is 19.3 Å². The summed E-state index contributed by atoms with van der Waals surface area (Å²) >= 11 is 0. The number of likely N-dealkylation sites (tertiary alicyclic amines) is 1. The van der Waals surface area contributed by atoms with Crippen molar-refractivity contribution in [1.29, 1.82) is 0 Å². The summed E-state index contributed by atoms with van der Waals surface area (Å²) in [5.74, 6) is 1.37. The van der Waals surface area contributed by atoms with E-state index in [4.69, 9.17) is 4.74 Å². The Kier molecular flexibility index (Phi) is 3.82. The molecule has 92 valence electrons. The molecule has 0 aromatic heterocycles. The van der Waals surface area contributed by atoms with Crippen LogP contribution in [0.5, 0.6) is 0 Å². The van der Waals surface area contributed by atoms with Crippen molar-refractivity contribution in [3.8, 4) is 0 Å². The molecular weight excluding hydrogens is 204 g/mol. The molecule has 4 nitrogen and oxygen atoms in total. The van der Waals surface area contributed by atoms with E-state index in [1.807, 2.05) is 0 Å². The summed E-state index contributed by atoms with van der Waals surface area (Å²) in [6.45, 7) is 3.42. The molecule has 2 heterocycles. The number of nitrogens with zero attached hydrogens (tertiary/aromatic N) is 1. The number of carbonyl (C=O) groups excluding carboxylic acids is 1. The third-order valence-corrected chi connectivity index (χ3v) is 3.86. The predicted octanol–water partition coefficient (Wildman–Crippen LogP) is 0.479. The van der Waals surface area contributed by atoms with Crippen LogP contribution in [0, 0.1) is 11.8 Å². The summed E-state index contributed by atoms with van der Waals surface area (Å²) in [7, 11) is 3.65. The van der Waals surface area contributed by atoms with Crippen molar-refractivity contribution in [2.24, 2.45) is 11.8 Å². The van der Waals surface area contributed by atoms with Crippen molar-refractivity contribution in [2.45, 2.75) is 25.3 Å². The van der Waals surface area contributed by atoms with Crippen molar-refractivity contribution >= 4 is 5.97 Å². The molecule has 3 atom stereocenters. The number of rotatable bonds is 3. The van der Waals surface area contributed by atoms with Gasteiger partial charge in [0.1, 0.15) is 6.04 Å². The summed E-state index contributed by atoms with van der Waals surface area (Å²) in [6, 6.07) is -0.0610. The summed E-state index contributed by atoms with van der Waals surface area (Å²) in [5, 5.41) is 3.25. The van der Waals surface area contributed by atoms with Gasteiger partial charge in [-0.25, -0.2) is 0 Å². The largest absolute Gasteiger partial charge is 0.468 e. The minimum Gasteiger partial charge on any atom is -0.468 e. The zero-order valence-corrected chi connectivity index (χ0v) is 10.2. The third-order valence-electron chi connectivity index (χ3n) is 3.86. The van der Waals surface area contributed by atoms with E-state index in [0.29, 0.717) is 5.92 Å². The number of hydrogen-bond acceptors (Lipinski definition) is 4. The second-order valence-electron chi connectivity index (χ2n) is 5.24. The molecule has 2 aliphatic heterocycles. The van der Waals surface area contributed by atoms with Gasteiger partial charge < -0.3 is 15.0 Å². The molecule has 2 fully saturated rings. The highest BCUT2D eigenvalue weighted by Gasteiger charge is 2.32. The minimum atomic E-state index is -0.106. The first-order valence-corrected chi connectivity index (χ1v) is 6.18. The van der Waals surface area contributed by atoms with E-state index in [2.05, 4.69) is 17.3 Å². The highest BCUT2D eigenvalue weighted by Crippen LogP contribution is 2.27. The van der Waals surface area contributed by atoms with Crippen LogP contribution in [0.4, 0.5) is 0 Å². The maximum absolute atomic E-state index is 11.4. The van der Waals surface area contributed by atoms with Gasteiger partial charge in [0, 0.05) is 6.54 Å². The average molecular weight is 226 g/mol. The van der Waals surface area contributed by atoms with Gasteiger partial charge in [0.2, 0.25) is 0 Å². The fourth-order valence-corrected chi connectivity index (χ4v) is 3.00. The van der Waals surface area contributed by atoms with Gasteiger partial charge in [-0.05, 0) is 51.2 Å². The topological polar surface area (TPSA) is 41.6 Å². The molecule has 0 aromatic rings. The number of esters is 1. The van der Waals surface area contributed by atoms with Gasteiger partial charge in [0.05, 0.1) is 7.11 Å². The van der Waals surface area contributed by atoms with Crippen LogP contribution in [-0.2, 0) is 9.53 Å². The van der Waals surface area contributed by atoms with E-state index in [-0.39, 0.29) is 12.0 Å². The standard InChI is InChI=1S/C12H22N2O2/c1-14-4-3-9(8-14)5-10-6-11(13-7-10)12(15)16-2/h9-11,13H,3-8H2,1-2H3. The molecule has 0 aromatic carbocycles. The SMILES string of the molecule is COC(=O)C1CC(CC2CCN(C)C2)CN1. The average Bonchev–Trinajstić information content (AvgIpc) is 2.87. The second kappa shape index (κ2) is 5.15. The van der Waals surface area contributed by atoms with E-state index >= 15 is 0 Å². The predicted molar refractivity (Wildman–Crippen MR) is 62.1 cm³/mol. The lowest BCUT2D eigenvalue weighted by Gasteiger charge is -2.14. The van der Waals surface area contributed by atoms with Crippen LogP contribution in [0.15, 0.2) is 0 Å². The van der Waals surface area contributed by atoms with Crippen LogP contribution in [0.25, 0.3) is 0 Å². The zero-order chi connectivity index (χ0) is 11.5. The maximum atomic E-state index is 11.4. The smallest absolute Gasteiger partial charge is 0.322 e. The summed E-state index contributed by atoms with van der Waals surface area (Å²) < 4.78 is 4.76. The molecule has 0 bridgehead atoms. The fraction of sp³-hybridized carbons (Fsp3) is 0.917. The van der Waals surface area contributed by atoms with E-state index < -0.39 is 0 Å². The van der Waals surface area contributed by atoms with E-state index in [9.17, 15) is 4.79 Å². The summed E-state index contributed by atoms with van der Waals surface area (Å²) in [4.78, 5) is 13.7. The Balaban J connectivity index is 1.74. The van der Waals surface area contributed by atoms with E-state index in [0.717, 1.165) is 18.9 Å². The summed E-state index contributed by atoms with van der Waals surface area (Å²) in [5.41, 5.74) is 0. The molecule has 0 aliphatic carbocycles. The quantitative estimate of drug-likeness (QED) is 0.711. The molecule has 2 rings (SSSR count). The number of methoxy groups -OCH3 is 1. The first-order chi connectivity index (χ1) is 7.69. The first kappa shape index (κ1) is 11.9. The molecule has 16 heavy (non-hydrogen) atoms. The van der Waals surface area contributed by atoms with Crippen LogP contribution in [0.3, 0.4) is 0 Å². The van der Waals surface area contributed by atoms with Crippen molar-refractivity contribution in [3.63, 3.8) is 0 Å². The monoisotopic (exact) mass is 226 g/mol. The third kappa shape index (κ3) is 2.74. The number of carbonyl (C=O) groups is 1. The van der Waals surface area contributed by atoms with Crippen LogP contribution < -0.4 is 5.32 Å². The minimum absolute atomic E-state index is 0.0610. The Labute approximate surface area is 97.3 Å². The fourth-order valence-electron chi connectivity index (χ4n) is 3.00. The molecule has 0 spiro atoms. The Hall–Kier alpha value is -0.610. The first-order valence-electron chi connectivity index (χ1n) is 6.18. The Morgan fingerprint density at radius 3 is 2.94 bits per heavy atom. The van der Waals surface area contributed by atoms with Crippen LogP contribution in [0.2, 0.25) is 0 Å². The molecular formula is C12H22N2O2. The van der Waals surface area contributed by atoms with Crippen LogP contribution >= 0.6 is 0 Å². The van der Waals surface area contributed by atoms with Crippen molar-refractivity contribution in [3.05, 3.63) is 0 Å². The molecule has 1 N–H and O–H groups in total. The molecule has 3 unspecified atom stereocenters. The van der Waals surface area contributed by atoms with Crippen molar-refractivity contribution < 1.29 is 9.53 Å². The Morgan fingerprint density at radius 2 is 2.31 bits per heavy atom. The number of nitrogens with one attached hydrogen (secondary N) is 1. The maximum Gasteiger partial charge on any atom is 0.322 e. The van der Waals surface area contributed by atoms with E-state index in [1.165, 1.54) is 33.0 Å². The lowest BCUT2D eigenvalue weighted by atomic mass is 9.92. The number of ether oxygens (including phenoxy) is 1. The molecule has 2 aliphatic rings. The lowest BCUT2D eigenvalue weighted by Crippen LogP contribution is -2.31. The zero-order valence-electron chi connectivity index (χ0n) is 10.2. The molecule has 0 saturated carbocycles. The summed E-state index contributed by atoms with van der Waals surface area (Å²) in [6.07, 6.45) is 3.52. The van der Waals surface area contributed by atoms with Gasteiger partial charge in [-0.15, -0.1) is 0 Å². The van der Waals surface area contributed by atoms with Crippen LogP contribution in [-0.4, -0.2) is 50.7 Å². The van der Waals surface area contributed by atoms with Gasteiger partial charge in [-0.2, -0.15) is 0 Å². The molecule has 0 radical (unpaired) electrons. The Bertz CT molecular complexity index is 257.